The number of phosphoric ester groups is 2. The van der Waals surface area contributed by atoms with E-state index in [2.05, 4.69) is 48.5 Å². The molecule has 3 N–H and O–H groups in total. The van der Waals surface area contributed by atoms with Crippen LogP contribution in [0.1, 0.15) is 286 Å². The van der Waals surface area contributed by atoms with Gasteiger partial charge in [0, 0.05) is 25.7 Å². The predicted molar refractivity (Wildman–Crippen MR) is 312 cm³/mol. The molecular formula is C60H116O17P2. The maximum Gasteiger partial charge on any atom is 0.472 e. The molecule has 3 unspecified atom stereocenters. The Bertz CT molecular complexity index is 1580. The molecule has 0 bridgehead atoms. The molecule has 0 amide bonds. The first-order valence-corrected chi connectivity index (χ1v) is 34.4. The lowest BCUT2D eigenvalue weighted by atomic mass is 9.99. The van der Waals surface area contributed by atoms with E-state index in [1.54, 1.807) is 0 Å². The zero-order valence-corrected chi connectivity index (χ0v) is 52.6. The fourth-order valence-electron chi connectivity index (χ4n) is 8.74. The molecular weight excluding hydrogens is 1050 g/mol. The van der Waals surface area contributed by atoms with Gasteiger partial charge in [-0.1, -0.05) is 235 Å². The SMILES string of the molecule is CCCCCCCC(=O)OC[C@H](COP(=O)(O)OC[C@H](O)COP(=O)(O)OC[C@@H](COC(=O)CCCCCCCCCCC(C)CC)OC(=O)CCCCCCCCCCCCC(C)C)OC(=O)CCCCCCCCC(C)C. The van der Waals surface area contributed by atoms with E-state index in [9.17, 15) is 43.2 Å². The molecule has 0 aliphatic heterocycles. The molecule has 0 saturated carbocycles. The molecule has 19 heteroatoms. The number of phosphoric acid groups is 2. The normalized spacial score (nSPS) is 14.8. The molecule has 0 aliphatic rings. The molecule has 0 aromatic heterocycles. The molecule has 0 aromatic rings. The number of aliphatic hydroxyl groups is 1. The first kappa shape index (κ1) is 77.1. The van der Waals surface area contributed by atoms with Crippen molar-refractivity contribution in [3.63, 3.8) is 0 Å². The van der Waals surface area contributed by atoms with E-state index in [1.807, 2.05) is 0 Å². The van der Waals surface area contributed by atoms with Gasteiger partial charge in [0.2, 0.25) is 0 Å². The van der Waals surface area contributed by atoms with Crippen molar-refractivity contribution in [2.24, 2.45) is 17.8 Å². The topological polar surface area (TPSA) is 237 Å². The summed E-state index contributed by atoms with van der Waals surface area (Å²) in [6, 6.07) is 0. The van der Waals surface area contributed by atoms with Gasteiger partial charge in [-0.15, -0.1) is 0 Å². The highest BCUT2D eigenvalue weighted by Crippen LogP contribution is 2.45. The van der Waals surface area contributed by atoms with Crippen molar-refractivity contribution < 1.29 is 80.2 Å². The van der Waals surface area contributed by atoms with Gasteiger partial charge in [0.25, 0.3) is 0 Å². The molecule has 0 aromatic carbocycles. The van der Waals surface area contributed by atoms with Gasteiger partial charge in [0.1, 0.15) is 19.3 Å². The summed E-state index contributed by atoms with van der Waals surface area (Å²) in [5, 5.41) is 10.5. The first-order valence-electron chi connectivity index (χ1n) is 31.4. The summed E-state index contributed by atoms with van der Waals surface area (Å²) in [4.78, 5) is 71.8. The lowest BCUT2D eigenvalue weighted by Crippen LogP contribution is -2.30. The third kappa shape index (κ3) is 53.8. The van der Waals surface area contributed by atoms with Crippen LogP contribution in [0.25, 0.3) is 0 Å². The standard InChI is InChI=1S/C60H116O17P2/c1-8-10-11-24-34-41-57(62)70-47-55(77-60(65)44-37-30-23-22-26-32-39-52(5)6)49-74-78(66,67)72-45-54(61)46-73-79(68,69)75-50-56(48-71-58(63)42-35-28-20-17-16-19-27-33-40-53(7)9-2)76-59(64)43-36-29-21-15-13-12-14-18-25-31-38-51(3)4/h51-56,61H,8-50H2,1-7H3,(H,66,67)(H,68,69)/t53?,54-,55+,56+/m0/s1. The number of hydrogen-bond donors (Lipinski definition) is 3. The van der Waals surface area contributed by atoms with Crippen LogP contribution in [0.5, 0.6) is 0 Å². The lowest BCUT2D eigenvalue weighted by Gasteiger charge is -2.21. The van der Waals surface area contributed by atoms with Gasteiger partial charge in [0.05, 0.1) is 26.4 Å². The molecule has 0 aliphatic carbocycles. The fourth-order valence-corrected chi connectivity index (χ4v) is 10.3. The molecule has 0 radical (unpaired) electrons. The summed E-state index contributed by atoms with van der Waals surface area (Å²) in [5.74, 6) is 0.0433. The highest BCUT2D eigenvalue weighted by molar-refractivity contribution is 7.47. The summed E-state index contributed by atoms with van der Waals surface area (Å²) < 4.78 is 67.6. The van der Waals surface area contributed by atoms with Gasteiger partial charge in [-0.25, -0.2) is 9.13 Å². The van der Waals surface area contributed by atoms with Crippen LogP contribution in [-0.2, 0) is 65.4 Å². The second-order valence-electron chi connectivity index (χ2n) is 22.9. The zero-order valence-electron chi connectivity index (χ0n) is 50.8. The molecule has 0 heterocycles. The average Bonchev–Trinajstić information content (AvgIpc) is 3.40. The number of aliphatic hydroxyl groups excluding tert-OH is 1. The van der Waals surface area contributed by atoms with Gasteiger partial charge in [-0.2, -0.15) is 0 Å². The molecule has 0 spiro atoms. The maximum absolute atomic E-state index is 12.9. The molecule has 468 valence electrons. The van der Waals surface area contributed by atoms with E-state index in [0.717, 1.165) is 108 Å². The molecule has 79 heavy (non-hydrogen) atoms. The predicted octanol–water partition coefficient (Wildman–Crippen LogP) is 15.9. The number of rotatable bonds is 58. The fraction of sp³-hybridized carbons (Fsp3) is 0.933. The summed E-state index contributed by atoms with van der Waals surface area (Å²) in [5.41, 5.74) is 0. The van der Waals surface area contributed by atoms with Crippen LogP contribution < -0.4 is 0 Å². The zero-order chi connectivity index (χ0) is 58.8. The smallest absolute Gasteiger partial charge is 0.462 e. The molecule has 0 saturated heterocycles. The minimum absolute atomic E-state index is 0.101. The number of carbonyl (C=O) groups is 4. The van der Waals surface area contributed by atoms with E-state index >= 15 is 0 Å². The Kier molecular flexibility index (Phi) is 50.4. The quantitative estimate of drug-likeness (QED) is 0.0222. The number of carbonyl (C=O) groups excluding carboxylic acids is 4. The Balaban J connectivity index is 5.20. The van der Waals surface area contributed by atoms with Crippen LogP contribution >= 0.6 is 15.6 Å². The van der Waals surface area contributed by atoms with Crippen molar-refractivity contribution in [1.82, 2.24) is 0 Å². The Morgan fingerprint density at radius 3 is 0.962 bits per heavy atom. The summed E-state index contributed by atoms with van der Waals surface area (Å²) in [6.07, 6.45) is 31.2. The minimum atomic E-state index is -4.94. The van der Waals surface area contributed by atoms with Gasteiger partial charge in [-0.05, 0) is 43.4 Å². The summed E-state index contributed by atoms with van der Waals surface area (Å²) in [6.45, 7) is 11.6. The second kappa shape index (κ2) is 51.7. The number of unbranched alkanes of at least 4 members (excludes halogenated alkanes) is 25. The van der Waals surface area contributed by atoms with Crippen LogP contribution in [-0.4, -0.2) is 96.7 Å². The van der Waals surface area contributed by atoms with E-state index in [4.69, 9.17) is 37.0 Å². The van der Waals surface area contributed by atoms with Gasteiger partial charge < -0.3 is 33.8 Å². The average molecular weight is 1170 g/mol. The van der Waals surface area contributed by atoms with E-state index in [0.29, 0.717) is 31.6 Å². The monoisotopic (exact) mass is 1170 g/mol. The molecule has 17 nitrogen and oxygen atoms in total. The van der Waals surface area contributed by atoms with Crippen LogP contribution in [0.15, 0.2) is 0 Å². The van der Waals surface area contributed by atoms with Crippen molar-refractivity contribution in [3.8, 4) is 0 Å². The second-order valence-corrected chi connectivity index (χ2v) is 25.8. The highest BCUT2D eigenvalue weighted by Gasteiger charge is 2.30. The number of esters is 4. The molecule has 0 fully saturated rings. The summed E-state index contributed by atoms with van der Waals surface area (Å²) >= 11 is 0. The van der Waals surface area contributed by atoms with Gasteiger partial charge >= 0.3 is 39.5 Å². The molecule has 0 rings (SSSR count). The third-order valence-electron chi connectivity index (χ3n) is 14.0. The van der Waals surface area contributed by atoms with Crippen molar-refractivity contribution in [3.05, 3.63) is 0 Å². The van der Waals surface area contributed by atoms with Gasteiger partial charge in [-0.3, -0.25) is 37.3 Å². The van der Waals surface area contributed by atoms with Gasteiger partial charge in [0.15, 0.2) is 12.2 Å². The first-order chi connectivity index (χ1) is 37.8. The minimum Gasteiger partial charge on any atom is -0.462 e. The largest absolute Gasteiger partial charge is 0.472 e. The Hall–Kier alpha value is -1.94. The number of ether oxygens (including phenoxy) is 4. The third-order valence-corrected chi connectivity index (χ3v) is 15.9. The Morgan fingerprint density at radius 1 is 0.367 bits per heavy atom. The molecule has 6 atom stereocenters. The van der Waals surface area contributed by atoms with Crippen molar-refractivity contribution in [2.45, 2.75) is 304 Å². The Morgan fingerprint density at radius 2 is 0.646 bits per heavy atom. The van der Waals surface area contributed by atoms with Crippen LogP contribution in [0.4, 0.5) is 0 Å². The van der Waals surface area contributed by atoms with Crippen molar-refractivity contribution >= 4 is 39.5 Å². The van der Waals surface area contributed by atoms with Crippen molar-refractivity contribution in [2.75, 3.05) is 39.6 Å². The van der Waals surface area contributed by atoms with E-state index in [1.165, 1.54) is 89.9 Å². The lowest BCUT2D eigenvalue weighted by molar-refractivity contribution is -0.161. The van der Waals surface area contributed by atoms with Crippen LogP contribution in [0.3, 0.4) is 0 Å². The number of hydrogen-bond acceptors (Lipinski definition) is 15. The van der Waals surface area contributed by atoms with Crippen molar-refractivity contribution in [1.29, 1.82) is 0 Å². The summed E-state index contributed by atoms with van der Waals surface area (Å²) in [7, 11) is -9.87. The van der Waals surface area contributed by atoms with Crippen LogP contribution in [0.2, 0.25) is 0 Å². The van der Waals surface area contributed by atoms with Crippen LogP contribution in [0, 0.1) is 17.8 Å². The van der Waals surface area contributed by atoms with E-state index < -0.39 is 97.5 Å². The van der Waals surface area contributed by atoms with E-state index in [-0.39, 0.29) is 25.7 Å². The Labute approximate surface area is 479 Å². The maximum atomic E-state index is 12.9. The highest BCUT2D eigenvalue weighted by atomic mass is 31.2.